The van der Waals surface area contributed by atoms with Crippen LogP contribution >= 0.6 is 0 Å². The van der Waals surface area contributed by atoms with Gasteiger partial charge < -0.3 is 4.90 Å². The first-order chi connectivity index (χ1) is 5.50. The zero-order valence-electron chi connectivity index (χ0n) is 7.56. The number of rotatable bonds is 0. The Balaban J connectivity index is 2.14. The highest BCUT2D eigenvalue weighted by molar-refractivity contribution is 4.99. The average Bonchev–Trinajstić information content (AvgIpc) is 2.35. The van der Waals surface area contributed by atoms with Crippen molar-refractivity contribution < 1.29 is 8.78 Å². The van der Waals surface area contributed by atoms with E-state index in [9.17, 15) is 8.78 Å². The molecule has 1 saturated heterocycles. The molecule has 0 aromatic rings. The summed E-state index contributed by atoms with van der Waals surface area (Å²) in [6, 6.07) is 0. The number of fused-ring (bicyclic) bond motifs is 1. The van der Waals surface area contributed by atoms with Crippen LogP contribution in [-0.2, 0) is 0 Å². The van der Waals surface area contributed by atoms with Crippen molar-refractivity contribution in [2.45, 2.75) is 19.3 Å². The van der Waals surface area contributed by atoms with Crippen molar-refractivity contribution >= 4 is 0 Å². The van der Waals surface area contributed by atoms with E-state index in [-0.39, 0.29) is 18.3 Å². The molecular formula is C9H15F2N. The molecule has 3 unspecified atom stereocenters. The summed E-state index contributed by atoms with van der Waals surface area (Å²) in [5.74, 6) is -2.31. The topological polar surface area (TPSA) is 3.24 Å². The molecule has 1 saturated carbocycles. The van der Waals surface area contributed by atoms with E-state index in [4.69, 9.17) is 0 Å². The Bertz CT molecular complexity index is 193. The molecule has 2 rings (SSSR count). The summed E-state index contributed by atoms with van der Waals surface area (Å²) in [5.41, 5.74) is 0. The summed E-state index contributed by atoms with van der Waals surface area (Å²) in [7, 11) is 2.02. The fourth-order valence-corrected chi connectivity index (χ4v) is 2.75. The fourth-order valence-electron chi connectivity index (χ4n) is 2.75. The quantitative estimate of drug-likeness (QED) is 0.543. The molecule has 70 valence electrons. The second-order valence-corrected chi connectivity index (χ2v) is 4.40. The van der Waals surface area contributed by atoms with Crippen molar-refractivity contribution in [1.82, 2.24) is 4.90 Å². The van der Waals surface area contributed by atoms with Crippen LogP contribution in [0.3, 0.4) is 0 Å². The fraction of sp³-hybridized carbons (Fsp3) is 1.00. The highest BCUT2D eigenvalue weighted by Crippen LogP contribution is 2.50. The van der Waals surface area contributed by atoms with Gasteiger partial charge in [0.15, 0.2) is 0 Å². The third kappa shape index (κ3) is 1.06. The standard InChI is InChI=1S/C9H15F2N/c1-6-8-5-12(2)4-7(8)3-9(6,10)11/h6-8H,3-5H2,1-2H3. The van der Waals surface area contributed by atoms with Crippen molar-refractivity contribution in [3.8, 4) is 0 Å². The Morgan fingerprint density at radius 1 is 1.33 bits per heavy atom. The first kappa shape index (κ1) is 8.42. The van der Waals surface area contributed by atoms with E-state index in [1.165, 1.54) is 0 Å². The van der Waals surface area contributed by atoms with Gasteiger partial charge in [0.1, 0.15) is 0 Å². The maximum Gasteiger partial charge on any atom is 0.251 e. The predicted octanol–water partition coefficient (Wildman–Crippen LogP) is 1.84. The van der Waals surface area contributed by atoms with Crippen LogP contribution in [0.15, 0.2) is 0 Å². The first-order valence-corrected chi connectivity index (χ1v) is 4.57. The Kier molecular flexibility index (Phi) is 1.69. The maximum atomic E-state index is 13.2. The van der Waals surface area contributed by atoms with Crippen molar-refractivity contribution in [3.63, 3.8) is 0 Å². The molecule has 2 aliphatic rings. The van der Waals surface area contributed by atoms with Gasteiger partial charge in [0, 0.05) is 25.4 Å². The molecule has 2 fully saturated rings. The normalized spacial score (nSPS) is 46.5. The van der Waals surface area contributed by atoms with Crippen LogP contribution in [0.25, 0.3) is 0 Å². The predicted molar refractivity (Wildman–Crippen MR) is 43.2 cm³/mol. The summed E-state index contributed by atoms with van der Waals surface area (Å²) in [5, 5.41) is 0. The number of likely N-dealkylation sites (tertiary alicyclic amines) is 1. The minimum Gasteiger partial charge on any atom is -0.306 e. The molecule has 1 aliphatic heterocycles. The van der Waals surface area contributed by atoms with Gasteiger partial charge in [-0.1, -0.05) is 6.92 Å². The van der Waals surface area contributed by atoms with Crippen LogP contribution in [0.2, 0.25) is 0 Å². The molecule has 1 heterocycles. The lowest BCUT2D eigenvalue weighted by Gasteiger charge is -2.20. The number of halogens is 2. The summed E-state index contributed by atoms with van der Waals surface area (Å²) in [4.78, 5) is 2.17. The largest absolute Gasteiger partial charge is 0.306 e. The molecule has 0 amide bonds. The molecule has 0 N–H and O–H groups in total. The molecule has 12 heavy (non-hydrogen) atoms. The van der Waals surface area contributed by atoms with E-state index in [1.807, 2.05) is 7.05 Å². The van der Waals surface area contributed by atoms with Crippen LogP contribution in [0.5, 0.6) is 0 Å². The van der Waals surface area contributed by atoms with E-state index >= 15 is 0 Å². The van der Waals surface area contributed by atoms with E-state index in [0.717, 1.165) is 13.1 Å². The van der Waals surface area contributed by atoms with Gasteiger partial charge >= 0.3 is 0 Å². The van der Waals surface area contributed by atoms with Crippen LogP contribution in [0.1, 0.15) is 13.3 Å². The SMILES string of the molecule is CC1C2CN(C)CC2CC1(F)F. The molecule has 0 spiro atoms. The number of nitrogens with zero attached hydrogens (tertiary/aromatic N) is 1. The first-order valence-electron chi connectivity index (χ1n) is 4.57. The lowest BCUT2D eigenvalue weighted by molar-refractivity contribution is -0.0431. The summed E-state index contributed by atoms with van der Waals surface area (Å²) < 4.78 is 26.3. The second-order valence-electron chi connectivity index (χ2n) is 4.40. The molecule has 1 aliphatic carbocycles. The van der Waals surface area contributed by atoms with Crippen molar-refractivity contribution in [2.75, 3.05) is 20.1 Å². The number of hydrogen-bond donors (Lipinski definition) is 0. The van der Waals surface area contributed by atoms with Crippen LogP contribution < -0.4 is 0 Å². The number of alkyl halides is 2. The minimum atomic E-state index is -2.39. The lowest BCUT2D eigenvalue weighted by Crippen LogP contribution is -2.27. The average molecular weight is 175 g/mol. The summed E-state index contributed by atoms with van der Waals surface area (Å²) >= 11 is 0. The highest BCUT2D eigenvalue weighted by Gasteiger charge is 2.55. The van der Waals surface area contributed by atoms with Gasteiger partial charge in [-0.15, -0.1) is 0 Å². The van der Waals surface area contributed by atoms with Gasteiger partial charge in [-0.3, -0.25) is 0 Å². The van der Waals surface area contributed by atoms with Crippen LogP contribution in [0, 0.1) is 17.8 Å². The Hall–Kier alpha value is -0.180. The van der Waals surface area contributed by atoms with Crippen LogP contribution in [-0.4, -0.2) is 31.0 Å². The third-order valence-electron chi connectivity index (χ3n) is 3.52. The zero-order valence-corrected chi connectivity index (χ0v) is 7.56. The molecule has 0 aromatic heterocycles. The Morgan fingerprint density at radius 3 is 2.58 bits per heavy atom. The minimum absolute atomic E-state index is 0.114. The second kappa shape index (κ2) is 2.41. The zero-order chi connectivity index (χ0) is 8.93. The summed E-state index contributed by atoms with van der Waals surface area (Å²) in [6.07, 6.45) is 0.114. The van der Waals surface area contributed by atoms with Crippen molar-refractivity contribution in [1.29, 1.82) is 0 Å². The molecule has 0 aromatic carbocycles. The molecule has 0 radical (unpaired) electrons. The molecule has 3 atom stereocenters. The Morgan fingerprint density at radius 2 is 2.00 bits per heavy atom. The van der Waals surface area contributed by atoms with Gasteiger partial charge in [-0.05, 0) is 18.9 Å². The van der Waals surface area contributed by atoms with E-state index in [0.29, 0.717) is 0 Å². The van der Waals surface area contributed by atoms with Crippen molar-refractivity contribution in [2.24, 2.45) is 17.8 Å². The monoisotopic (exact) mass is 175 g/mol. The third-order valence-corrected chi connectivity index (χ3v) is 3.52. The highest BCUT2D eigenvalue weighted by atomic mass is 19.3. The van der Waals surface area contributed by atoms with Gasteiger partial charge in [0.05, 0.1) is 0 Å². The van der Waals surface area contributed by atoms with Crippen molar-refractivity contribution in [3.05, 3.63) is 0 Å². The molecule has 3 heteroatoms. The van der Waals surface area contributed by atoms with E-state index in [2.05, 4.69) is 4.90 Å². The Labute approximate surface area is 71.7 Å². The van der Waals surface area contributed by atoms with E-state index in [1.54, 1.807) is 6.92 Å². The van der Waals surface area contributed by atoms with Gasteiger partial charge in [-0.25, -0.2) is 8.78 Å². The van der Waals surface area contributed by atoms with E-state index < -0.39 is 11.8 Å². The molecule has 1 nitrogen and oxygen atoms in total. The molecular weight excluding hydrogens is 160 g/mol. The maximum absolute atomic E-state index is 13.2. The lowest BCUT2D eigenvalue weighted by atomic mass is 9.93. The van der Waals surface area contributed by atoms with Crippen LogP contribution in [0.4, 0.5) is 8.78 Å². The van der Waals surface area contributed by atoms with Gasteiger partial charge in [0.2, 0.25) is 0 Å². The number of hydrogen-bond acceptors (Lipinski definition) is 1. The van der Waals surface area contributed by atoms with Gasteiger partial charge in [0.25, 0.3) is 5.92 Å². The van der Waals surface area contributed by atoms with Gasteiger partial charge in [-0.2, -0.15) is 0 Å². The summed E-state index contributed by atoms with van der Waals surface area (Å²) in [6.45, 7) is 3.43. The molecule has 0 bridgehead atoms. The smallest absolute Gasteiger partial charge is 0.251 e.